The largest absolute Gasteiger partial charge is 0.385 e. The molecule has 0 bridgehead atoms. The molecule has 5 rings (SSSR count). The molecule has 1 N–H and O–H groups in total. The Morgan fingerprint density at radius 1 is 0.800 bits per heavy atom. The number of carbonyl (C=O) groups is 1. The van der Waals surface area contributed by atoms with Gasteiger partial charge in [0.05, 0.1) is 11.5 Å². The number of aliphatic hydroxyl groups is 1. The molecule has 0 radical (unpaired) electrons. The minimum Gasteiger partial charge on any atom is -0.385 e. The van der Waals surface area contributed by atoms with Gasteiger partial charge in [-0.3, -0.25) is 4.79 Å². The maximum atomic E-state index is 14.1. The fourth-order valence-corrected chi connectivity index (χ4v) is 7.46. The highest BCUT2D eigenvalue weighted by Gasteiger charge is 2.55. The number of ketones is 1. The van der Waals surface area contributed by atoms with Gasteiger partial charge >= 0.3 is 0 Å². The number of benzene rings is 2. The van der Waals surface area contributed by atoms with Gasteiger partial charge in [-0.2, -0.15) is 0 Å². The van der Waals surface area contributed by atoms with Crippen molar-refractivity contribution in [3.63, 3.8) is 0 Å². The fraction of sp³-hybridized carbons (Fsp3) is 0.265. The van der Waals surface area contributed by atoms with Gasteiger partial charge < -0.3 is 14.9 Å². The highest BCUT2D eigenvalue weighted by atomic mass is 32.1. The molecule has 2 aromatic heterocycles. The van der Waals surface area contributed by atoms with Gasteiger partial charge in [0.25, 0.3) is 0 Å². The number of carbonyl (C=O) groups excluding carboxylic acids is 1. The Bertz CT molecular complexity index is 1450. The monoisotopic (exact) mass is 568 g/mol. The summed E-state index contributed by atoms with van der Waals surface area (Å²) in [4.78, 5) is 20.5. The zero-order valence-electron chi connectivity index (χ0n) is 23.4. The second kappa shape index (κ2) is 12.0. The van der Waals surface area contributed by atoms with E-state index in [0.717, 1.165) is 27.4 Å². The maximum Gasteiger partial charge on any atom is 0.162 e. The third-order valence-electron chi connectivity index (χ3n) is 7.79. The summed E-state index contributed by atoms with van der Waals surface area (Å²) in [5.41, 5.74) is 2.88. The summed E-state index contributed by atoms with van der Waals surface area (Å²) < 4.78 is 0. The molecule has 4 aromatic rings. The smallest absolute Gasteiger partial charge is 0.162 e. The van der Waals surface area contributed by atoms with E-state index < -0.39 is 11.5 Å². The summed E-state index contributed by atoms with van der Waals surface area (Å²) in [6.07, 6.45) is 7.86. The predicted molar refractivity (Wildman–Crippen MR) is 172 cm³/mol. The second-order valence-corrected chi connectivity index (χ2v) is 12.8. The standard InChI is InChI=1S/C34H36N2O2S2/c1-35(2)26-14-9-24(10-15-26)13-18-29(37)33-32(31-8-6-22-40-31)28(30-7-5-21-39-30)23-34(33,38)20-19-25-11-16-27(17-12-25)36(3)4/h5-22,28,32-33,38H,23H2,1-4H3/b18-13+,20-19+. The lowest BCUT2D eigenvalue weighted by Gasteiger charge is -2.28. The Morgan fingerprint density at radius 3 is 1.82 bits per heavy atom. The van der Waals surface area contributed by atoms with Crippen LogP contribution in [0.15, 0.2) is 95.7 Å². The van der Waals surface area contributed by atoms with E-state index in [2.05, 4.69) is 46.0 Å². The van der Waals surface area contributed by atoms with Crippen molar-refractivity contribution in [2.45, 2.75) is 23.9 Å². The molecule has 0 amide bonds. The zero-order chi connectivity index (χ0) is 28.3. The van der Waals surface area contributed by atoms with Crippen LogP contribution in [0, 0.1) is 5.92 Å². The van der Waals surface area contributed by atoms with Gasteiger partial charge in [-0.05, 0) is 70.8 Å². The van der Waals surface area contributed by atoms with E-state index >= 15 is 0 Å². The highest BCUT2D eigenvalue weighted by molar-refractivity contribution is 7.10. The molecule has 1 aliphatic rings. The third-order valence-corrected chi connectivity index (χ3v) is 9.77. The van der Waals surface area contributed by atoms with Crippen molar-refractivity contribution >= 4 is 52.0 Å². The molecule has 0 spiro atoms. The molecule has 2 aromatic carbocycles. The van der Waals surface area contributed by atoms with E-state index in [1.165, 1.54) is 4.88 Å². The van der Waals surface area contributed by atoms with Crippen LogP contribution in [0.5, 0.6) is 0 Å². The molecule has 0 aliphatic heterocycles. The topological polar surface area (TPSA) is 43.8 Å². The molecule has 2 heterocycles. The van der Waals surface area contributed by atoms with Crippen molar-refractivity contribution < 1.29 is 9.90 Å². The summed E-state index contributed by atoms with van der Waals surface area (Å²) in [7, 11) is 8.05. The molecule has 4 atom stereocenters. The van der Waals surface area contributed by atoms with Crippen LogP contribution in [-0.2, 0) is 4.79 Å². The number of thiophene rings is 2. The van der Waals surface area contributed by atoms with Crippen LogP contribution in [-0.4, -0.2) is 44.7 Å². The first kappa shape index (κ1) is 28.1. The molecule has 40 heavy (non-hydrogen) atoms. The lowest BCUT2D eigenvalue weighted by molar-refractivity contribution is -0.123. The third kappa shape index (κ3) is 5.99. The molecule has 0 saturated heterocycles. The number of hydrogen-bond acceptors (Lipinski definition) is 6. The van der Waals surface area contributed by atoms with E-state index in [4.69, 9.17) is 0 Å². The quantitative estimate of drug-likeness (QED) is 0.212. The number of nitrogens with zero attached hydrogens (tertiary/aromatic N) is 2. The van der Waals surface area contributed by atoms with Gasteiger partial charge in [0, 0.05) is 61.2 Å². The fourth-order valence-electron chi connectivity index (χ4n) is 5.66. The van der Waals surface area contributed by atoms with Crippen molar-refractivity contribution in [1.82, 2.24) is 0 Å². The molecular formula is C34H36N2O2S2. The number of allylic oxidation sites excluding steroid dienone is 1. The molecule has 4 unspecified atom stereocenters. The Balaban J connectivity index is 1.52. The molecule has 1 aliphatic carbocycles. The van der Waals surface area contributed by atoms with Crippen LogP contribution < -0.4 is 9.80 Å². The average Bonchev–Trinajstić information content (AvgIpc) is 3.72. The first-order valence-electron chi connectivity index (χ1n) is 13.5. The van der Waals surface area contributed by atoms with Crippen molar-refractivity contribution in [3.8, 4) is 0 Å². The van der Waals surface area contributed by atoms with Gasteiger partial charge in [0.15, 0.2) is 5.78 Å². The van der Waals surface area contributed by atoms with Crippen molar-refractivity contribution in [2.75, 3.05) is 38.0 Å². The van der Waals surface area contributed by atoms with E-state index in [9.17, 15) is 9.90 Å². The molecule has 6 heteroatoms. The van der Waals surface area contributed by atoms with E-state index in [1.807, 2.05) is 93.8 Å². The van der Waals surface area contributed by atoms with E-state index in [-0.39, 0.29) is 17.6 Å². The lowest BCUT2D eigenvalue weighted by Crippen LogP contribution is -2.37. The van der Waals surface area contributed by atoms with Crippen LogP contribution in [0.3, 0.4) is 0 Å². The normalized spacial score (nSPS) is 22.8. The second-order valence-electron chi connectivity index (χ2n) is 10.9. The van der Waals surface area contributed by atoms with Gasteiger partial charge in [0.1, 0.15) is 0 Å². The van der Waals surface area contributed by atoms with Gasteiger partial charge in [-0.1, -0.05) is 54.6 Å². The van der Waals surface area contributed by atoms with Gasteiger partial charge in [0.2, 0.25) is 0 Å². The number of rotatable bonds is 9. The minimum absolute atomic E-state index is 0.0474. The van der Waals surface area contributed by atoms with Crippen LogP contribution in [0.25, 0.3) is 12.2 Å². The van der Waals surface area contributed by atoms with Crippen LogP contribution in [0.4, 0.5) is 11.4 Å². The Hall–Kier alpha value is -3.45. The summed E-state index contributed by atoms with van der Waals surface area (Å²) >= 11 is 3.36. The van der Waals surface area contributed by atoms with Crippen LogP contribution >= 0.6 is 22.7 Å². The Morgan fingerprint density at radius 2 is 1.32 bits per heavy atom. The van der Waals surface area contributed by atoms with E-state index in [0.29, 0.717) is 6.42 Å². The van der Waals surface area contributed by atoms with Gasteiger partial charge in [-0.25, -0.2) is 0 Å². The maximum absolute atomic E-state index is 14.1. The summed E-state index contributed by atoms with van der Waals surface area (Å²) in [6, 6.07) is 24.7. The molecular weight excluding hydrogens is 533 g/mol. The molecule has 1 saturated carbocycles. The predicted octanol–water partition coefficient (Wildman–Crippen LogP) is 7.56. The van der Waals surface area contributed by atoms with Crippen LogP contribution in [0.1, 0.15) is 39.1 Å². The van der Waals surface area contributed by atoms with Crippen molar-refractivity contribution in [2.24, 2.45) is 5.92 Å². The lowest BCUT2D eigenvalue weighted by atomic mass is 9.79. The summed E-state index contributed by atoms with van der Waals surface area (Å²) in [5.74, 6) is -0.721. The van der Waals surface area contributed by atoms with Crippen LogP contribution in [0.2, 0.25) is 0 Å². The number of hydrogen-bond donors (Lipinski definition) is 1. The average molecular weight is 569 g/mol. The Kier molecular flexibility index (Phi) is 8.40. The molecule has 206 valence electrons. The molecule has 1 fully saturated rings. The van der Waals surface area contributed by atoms with Crippen molar-refractivity contribution in [1.29, 1.82) is 0 Å². The van der Waals surface area contributed by atoms with Gasteiger partial charge in [-0.15, -0.1) is 22.7 Å². The molecule has 4 nitrogen and oxygen atoms in total. The van der Waals surface area contributed by atoms with E-state index in [1.54, 1.807) is 28.7 Å². The summed E-state index contributed by atoms with van der Waals surface area (Å²) in [5, 5.41) is 16.5. The first-order chi connectivity index (χ1) is 19.2. The summed E-state index contributed by atoms with van der Waals surface area (Å²) in [6.45, 7) is 0. The SMILES string of the molecule is CN(C)c1ccc(/C=C/C(=O)C2C(c3cccs3)C(c3cccs3)CC2(O)/C=C/c2ccc(N(C)C)cc2)cc1. The zero-order valence-corrected chi connectivity index (χ0v) is 25.0. The number of anilines is 2. The first-order valence-corrected chi connectivity index (χ1v) is 15.3. The highest BCUT2D eigenvalue weighted by Crippen LogP contribution is 2.57. The minimum atomic E-state index is -1.29. The Labute approximate surface area is 245 Å². The van der Waals surface area contributed by atoms with Crippen molar-refractivity contribution in [3.05, 3.63) is 117 Å².